The highest BCUT2D eigenvalue weighted by Crippen LogP contribution is 2.60. The molecule has 0 aliphatic heterocycles. The SMILES string of the molecule is NC(=O)C12CC3CC(C1)C(NC(=O)c1cccc(NS(=O)(=O)c4ccccc4C(F)(F)F)c1F)C(C3)C2. The number of carbonyl (C=O) groups excluding carboxylic acids is 2. The zero-order valence-corrected chi connectivity index (χ0v) is 20.3. The summed E-state index contributed by atoms with van der Waals surface area (Å²) in [6.07, 6.45) is -1.42. The molecule has 2 aromatic rings. The first kappa shape index (κ1) is 25.5. The van der Waals surface area contributed by atoms with Crippen LogP contribution >= 0.6 is 0 Å². The van der Waals surface area contributed by atoms with E-state index in [4.69, 9.17) is 5.73 Å². The number of primary amides is 1. The van der Waals surface area contributed by atoms with Crippen LogP contribution in [0.15, 0.2) is 47.4 Å². The van der Waals surface area contributed by atoms with Crippen molar-refractivity contribution >= 4 is 27.5 Å². The monoisotopic (exact) mass is 539 g/mol. The molecule has 6 rings (SSSR count). The van der Waals surface area contributed by atoms with Gasteiger partial charge in [-0.2, -0.15) is 13.2 Å². The Hall–Kier alpha value is -3.15. The van der Waals surface area contributed by atoms with Crippen molar-refractivity contribution in [3.05, 3.63) is 59.4 Å². The first-order chi connectivity index (χ1) is 17.3. The van der Waals surface area contributed by atoms with E-state index in [9.17, 15) is 31.2 Å². The summed E-state index contributed by atoms with van der Waals surface area (Å²) in [7, 11) is -4.83. The molecule has 4 fully saturated rings. The maximum Gasteiger partial charge on any atom is 0.417 e. The fourth-order valence-corrected chi connectivity index (χ4v) is 8.00. The highest BCUT2D eigenvalue weighted by molar-refractivity contribution is 7.92. The Bertz CT molecular complexity index is 1360. The molecule has 4 N–H and O–H groups in total. The topological polar surface area (TPSA) is 118 Å². The van der Waals surface area contributed by atoms with Gasteiger partial charge in [-0.15, -0.1) is 0 Å². The Morgan fingerprint density at radius 3 is 2.24 bits per heavy atom. The van der Waals surface area contributed by atoms with Crippen molar-refractivity contribution in [3.8, 4) is 0 Å². The number of hydrogen-bond acceptors (Lipinski definition) is 4. The van der Waals surface area contributed by atoms with Gasteiger partial charge < -0.3 is 11.1 Å². The average molecular weight is 540 g/mol. The number of amides is 2. The molecule has 4 aliphatic rings. The van der Waals surface area contributed by atoms with Gasteiger partial charge in [-0.25, -0.2) is 12.8 Å². The predicted molar refractivity (Wildman–Crippen MR) is 125 cm³/mol. The number of sulfonamides is 1. The van der Waals surface area contributed by atoms with Gasteiger partial charge in [0.15, 0.2) is 5.82 Å². The van der Waals surface area contributed by atoms with Gasteiger partial charge in [-0.3, -0.25) is 14.3 Å². The number of anilines is 1. The number of carbonyl (C=O) groups is 2. The van der Waals surface area contributed by atoms with Crippen molar-refractivity contribution < 1.29 is 35.6 Å². The lowest BCUT2D eigenvalue weighted by molar-refractivity contribution is -0.145. The minimum atomic E-state index is -4.95. The standard InChI is InChI=1S/C25H25F4N3O4S/c26-20-16(22(33)31-21-14-8-13-9-15(21)12-24(10-13,11-14)23(30)34)4-3-6-18(20)32-37(35,36)19-7-2-1-5-17(19)25(27,28)29/h1-7,13-15,21,32H,8-12H2,(H2,30,34)(H,31,33). The molecule has 2 amide bonds. The summed E-state index contributed by atoms with van der Waals surface area (Å²) >= 11 is 0. The van der Waals surface area contributed by atoms with Crippen LogP contribution in [0, 0.1) is 29.0 Å². The van der Waals surface area contributed by atoms with Crippen LogP contribution in [0.4, 0.5) is 23.2 Å². The van der Waals surface area contributed by atoms with Crippen molar-refractivity contribution in [1.82, 2.24) is 5.32 Å². The third-order valence-electron chi connectivity index (χ3n) is 8.06. The van der Waals surface area contributed by atoms with E-state index in [1.807, 2.05) is 4.72 Å². The van der Waals surface area contributed by atoms with Crippen LogP contribution in [0.5, 0.6) is 0 Å². The van der Waals surface area contributed by atoms with Gasteiger partial charge in [0.1, 0.15) is 0 Å². The highest BCUT2D eigenvalue weighted by Gasteiger charge is 2.58. The third-order valence-corrected chi connectivity index (χ3v) is 9.49. The number of rotatable bonds is 6. The molecule has 0 spiro atoms. The lowest BCUT2D eigenvalue weighted by Crippen LogP contribution is -2.62. The van der Waals surface area contributed by atoms with Crippen molar-refractivity contribution in [1.29, 1.82) is 0 Å². The van der Waals surface area contributed by atoms with E-state index in [0.29, 0.717) is 24.8 Å². The predicted octanol–water partition coefficient (Wildman–Crippen LogP) is 4.06. The molecule has 2 unspecified atom stereocenters. The summed E-state index contributed by atoms with van der Waals surface area (Å²) in [6, 6.07) is 6.71. The minimum Gasteiger partial charge on any atom is -0.369 e. The number of hydrogen-bond donors (Lipinski definition) is 3. The number of benzene rings is 2. The normalized spacial score (nSPS) is 28.6. The quantitative estimate of drug-likeness (QED) is 0.480. The summed E-state index contributed by atoms with van der Waals surface area (Å²) in [6.45, 7) is 0. The number of nitrogens with one attached hydrogen (secondary N) is 2. The van der Waals surface area contributed by atoms with Crippen LogP contribution in [0.1, 0.15) is 48.0 Å². The number of alkyl halides is 3. The molecular weight excluding hydrogens is 514 g/mol. The fourth-order valence-electron chi connectivity index (χ4n) is 6.71. The second-order valence-electron chi connectivity index (χ2n) is 10.4. The zero-order chi connectivity index (χ0) is 26.8. The minimum absolute atomic E-state index is 0.0197. The molecule has 12 heteroatoms. The van der Waals surface area contributed by atoms with Crippen LogP contribution in [-0.4, -0.2) is 26.3 Å². The van der Waals surface area contributed by atoms with Crippen molar-refractivity contribution in [3.63, 3.8) is 0 Å². The van der Waals surface area contributed by atoms with Crippen LogP contribution < -0.4 is 15.8 Å². The Labute approximate surface area is 210 Å². The first-order valence-electron chi connectivity index (χ1n) is 11.9. The molecule has 37 heavy (non-hydrogen) atoms. The summed E-state index contributed by atoms with van der Waals surface area (Å²) in [5, 5.41) is 2.87. The Kier molecular flexibility index (Phi) is 6.00. The molecule has 4 aliphatic carbocycles. The van der Waals surface area contributed by atoms with E-state index >= 15 is 4.39 Å². The van der Waals surface area contributed by atoms with Gasteiger partial charge in [-0.05, 0) is 74.1 Å². The van der Waals surface area contributed by atoms with E-state index in [2.05, 4.69) is 5.32 Å². The molecule has 0 heterocycles. The van der Waals surface area contributed by atoms with Gasteiger partial charge in [0.2, 0.25) is 5.91 Å². The maximum absolute atomic E-state index is 15.3. The van der Waals surface area contributed by atoms with Gasteiger partial charge in [0.05, 0.1) is 21.7 Å². The molecule has 0 saturated heterocycles. The van der Waals surface area contributed by atoms with Crippen LogP contribution in [-0.2, 0) is 21.0 Å². The maximum atomic E-state index is 15.3. The smallest absolute Gasteiger partial charge is 0.369 e. The fraction of sp³-hybridized carbons (Fsp3) is 0.440. The summed E-state index contributed by atoms with van der Waals surface area (Å²) in [4.78, 5) is 24.2. The number of halogens is 4. The second-order valence-corrected chi connectivity index (χ2v) is 12.0. The van der Waals surface area contributed by atoms with Crippen LogP contribution in [0.25, 0.3) is 0 Å². The first-order valence-corrected chi connectivity index (χ1v) is 13.4. The molecular formula is C25H25F4N3O4S. The van der Waals surface area contributed by atoms with E-state index in [0.717, 1.165) is 43.5 Å². The molecule has 2 atom stereocenters. The van der Waals surface area contributed by atoms with Gasteiger partial charge in [0, 0.05) is 11.5 Å². The highest BCUT2D eigenvalue weighted by atomic mass is 32.2. The lowest BCUT2D eigenvalue weighted by atomic mass is 9.47. The molecule has 4 saturated carbocycles. The molecule has 2 aromatic carbocycles. The summed E-state index contributed by atoms with van der Waals surface area (Å²) < 4.78 is 82.7. The van der Waals surface area contributed by atoms with E-state index in [1.165, 1.54) is 12.1 Å². The van der Waals surface area contributed by atoms with Crippen LogP contribution in [0.3, 0.4) is 0 Å². The summed E-state index contributed by atoms with van der Waals surface area (Å²) in [5.74, 6) is -1.90. The Morgan fingerprint density at radius 1 is 0.973 bits per heavy atom. The molecule has 198 valence electrons. The molecule has 7 nitrogen and oxygen atoms in total. The van der Waals surface area contributed by atoms with E-state index in [1.54, 1.807) is 0 Å². The average Bonchev–Trinajstić information content (AvgIpc) is 2.81. The van der Waals surface area contributed by atoms with Gasteiger partial charge in [0.25, 0.3) is 15.9 Å². The van der Waals surface area contributed by atoms with Crippen LogP contribution in [0.2, 0.25) is 0 Å². The zero-order valence-electron chi connectivity index (χ0n) is 19.5. The lowest BCUT2D eigenvalue weighted by Gasteiger charge is -2.58. The number of nitrogens with two attached hydrogens (primary N) is 1. The van der Waals surface area contributed by atoms with Gasteiger partial charge >= 0.3 is 6.18 Å². The molecule has 0 radical (unpaired) electrons. The van der Waals surface area contributed by atoms with Crippen molar-refractivity contribution in [2.24, 2.45) is 28.9 Å². The van der Waals surface area contributed by atoms with Crippen molar-refractivity contribution in [2.75, 3.05) is 4.72 Å². The Balaban J connectivity index is 1.37. The second kappa shape index (κ2) is 8.71. The molecule has 0 aromatic heterocycles. The molecule has 4 bridgehead atoms. The summed E-state index contributed by atoms with van der Waals surface area (Å²) in [5.41, 5.74) is 2.65. The van der Waals surface area contributed by atoms with E-state index in [-0.39, 0.29) is 23.8 Å². The van der Waals surface area contributed by atoms with E-state index < -0.39 is 55.0 Å². The largest absolute Gasteiger partial charge is 0.417 e. The van der Waals surface area contributed by atoms with Gasteiger partial charge in [-0.1, -0.05) is 18.2 Å². The Morgan fingerprint density at radius 2 is 1.62 bits per heavy atom. The van der Waals surface area contributed by atoms with Crippen molar-refractivity contribution in [2.45, 2.75) is 49.2 Å². The third kappa shape index (κ3) is 4.45.